The molecular formula is C24H33NO3. The van der Waals surface area contributed by atoms with Crippen LogP contribution in [0.2, 0.25) is 0 Å². The van der Waals surface area contributed by atoms with E-state index in [-0.39, 0.29) is 17.5 Å². The van der Waals surface area contributed by atoms with Crippen molar-refractivity contribution in [3.8, 4) is 6.07 Å². The topological polar surface area (TPSA) is 59.3 Å². The fourth-order valence-corrected chi connectivity index (χ4v) is 5.08. The van der Waals surface area contributed by atoms with Crippen molar-refractivity contribution in [3.05, 3.63) is 35.9 Å². The summed E-state index contributed by atoms with van der Waals surface area (Å²) in [6.07, 6.45) is 11.9. The summed E-state index contributed by atoms with van der Waals surface area (Å²) in [7, 11) is 0. The van der Waals surface area contributed by atoms with Gasteiger partial charge in [0.05, 0.1) is 31.3 Å². The second kappa shape index (κ2) is 10.6. The molecule has 0 amide bonds. The summed E-state index contributed by atoms with van der Waals surface area (Å²) < 4.78 is 12.3. The molecule has 1 aromatic rings. The highest BCUT2D eigenvalue weighted by Crippen LogP contribution is 2.46. The summed E-state index contributed by atoms with van der Waals surface area (Å²) in [6.45, 7) is 1.06. The zero-order valence-electron chi connectivity index (χ0n) is 16.9. The smallest absolute Gasteiger partial charge is 0.338 e. The van der Waals surface area contributed by atoms with Crippen molar-refractivity contribution >= 4 is 5.97 Å². The Hall–Kier alpha value is -1.86. The molecule has 0 heterocycles. The summed E-state index contributed by atoms with van der Waals surface area (Å²) in [5, 5.41) is 8.83. The Morgan fingerprint density at radius 1 is 1.07 bits per heavy atom. The Bertz CT molecular complexity index is 640. The van der Waals surface area contributed by atoms with E-state index in [0.717, 1.165) is 38.5 Å². The minimum absolute atomic E-state index is 0.0945. The highest BCUT2D eigenvalue weighted by atomic mass is 16.5. The summed E-state index contributed by atoms with van der Waals surface area (Å²) in [4.78, 5) is 13.0. The second-order valence-corrected chi connectivity index (χ2v) is 8.47. The average molecular weight is 384 g/mol. The van der Waals surface area contributed by atoms with Gasteiger partial charge in [-0.15, -0.1) is 0 Å². The molecule has 0 aliphatic heterocycles. The van der Waals surface area contributed by atoms with E-state index in [1.54, 1.807) is 0 Å². The molecule has 0 aromatic heterocycles. The van der Waals surface area contributed by atoms with Crippen molar-refractivity contribution in [1.29, 1.82) is 5.26 Å². The molecule has 28 heavy (non-hydrogen) atoms. The van der Waals surface area contributed by atoms with Gasteiger partial charge < -0.3 is 9.47 Å². The molecule has 3 rings (SSSR count). The standard InChI is InChI=1S/C24H33NO3/c25-17-10-18-27-19-24(15-8-3-9-16-24)22(20-11-4-1-5-12-20)28-23(26)21-13-6-2-7-14-21/h2,6-7,13-14,20,22H,1,3-5,8-12,15-16,18-19H2. The van der Waals surface area contributed by atoms with Crippen LogP contribution in [0.15, 0.2) is 30.3 Å². The van der Waals surface area contributed by atoms with E-state index < -0.39 is 0 Å². The molecule has 2 fully saturated rings. The lowest BCUT2D eigenvalue weighted by Gasteiger charge is -2.46. The Balaban J connectivity index is 1.81. The second-order valence-electron chi connectivity index (χ2n) is 8.47. The normalized spacial score (nSPS) is 20.8. The maximum atomic E-state index is 13.0. The minimum Gasteiger partial charge on any atom is -0.458 e. The van der Waals surface area contributed by atoms with Crippen LogP contribution in [0.3, 0.4) is 0 Å². The number of nitriles is 1. The first kappa shape index (κ1) is 20.9. The SMILES string of the molecule is N#CCCOCC1(C(OC(=O)c2ccccc2)C2CCCCC2)CCCCC1. The predicted molar refractivity (Wildman–Crippen MR) is 109 cm³/mol. The number of carbonyl (C=O) groups is 1. The molecule has 0 bridgehead atoms. The molecule has 1 atom stereocenters. The number of hydrogen-bond acceptors (Lipinski definition) is 4. The number of nitrogens with zero attached hydrogens (tertiary/aromatic N) is 1. The Labute approximate surface area is 169 Å². The van der Waals surface area contributed by atoms with Crippen molar-refractivity contribution in [2.75, 3.05) is 13.2 Å². The number of carbonyl (C=O) groups excluding carboxylic acids is 1. The number of ether oxygens (including phenoxy) is 2. The van der Waals surface area contributed by atoms with Crippen molar-refractivity contribution < 1.29 is 14.3 Å². The Morgan fingerprint density at radius 3 is 2.43 bits per heavy atom. The van der Waals surface area contributed by atoms with Crippen molar-refractivity contribution in [2.45, 2.75) is 76.7 Å². The van der Waals surface area contributed by atoms with E-state index in [1.165, 1.54) is 25.7 Å². The third-order valence-electron chi connectivity index (χ3n) is 6.52. The molecule has 4 heteroatoms. The van der Waals surface area contributed by atoms with Crippen molar-refractivity contribution in [3.63, 3.8) is 0 Å². The first-order valence-electron chi connectivity index (χ1n) is 11.0. The van der Waals surface area contributed by atoms with Gasteiger partial charge in [-0.2, -0.15) is 5.26 Å². The highest BCUT2D eigenvalue weighted by Gasteiger charge is 2.46. The molecule has 1 aromatic carbocycles. The van der Waals surface area contributed by atoms with Gasteiger partial charge in [-0.25, -0.2) is 4.79 Å². The first-order valence-corrected chi connectivity index (χ1v) is 11.0. The fourth-order valence-electron chi connectivity index (χ4n) is 5.08. The third kappa shape index (κ3) is 5.35. The van der Waals surface area contributed by atoms with Crippen LogP contribution in [-0.4, -0.2) is 25.3 Å². The summed E-state index contributed by atoms with van der Waals surface area (Å²) in [6, 6.07) is 11.5. The fraction of sp³-hybridized carbons (Fsp3) is 0.667. The van der Waals surface area contributed by atoms with E-state index in [0.29, 0.717) is 31.1 Å². The van der Waals surface area contributed by atoms with Crippen LogP contribution in [-0.2, 0) is 9.47 Å². The van der Waals surface area contributed by atoms with E-state index >= 15 is 0 Å². The van der Waals surface area contributed by atoms with Crippen molar-refractivity contribution in [2.24, 2.45) is 11.3 Å². The van der Waals surface area contributed by atoms with Crippen molar-refractivity contribution in [1.82, 2.24) is 0 Å². The quantitative estimate of drug-likeness (QED) is 0.428. The molecule has 152 valence electrons. The third-order valence-corrected chi connectivity index (χ3v) is 6.52. The molecule has 2 saturated carbocycles. The summed E-state index contributed by atoms with van der Waals surface area (Å²) in [5.41, 5.74) is 0.514. The summed E-state index contributed by atoms with van der Waals surface area (Å²) in [5.74, 6) is 0.206. The van der Waals surface area contributed by atoms with Crippen LogP contribution in [0.5, 0.6) is 0 Å². The van der Waals surface area contributed by atoms with Crippen LogP contribution in [0.25, 0.3) is 0 Å². The van der Waals surface area contributed by atoms with Gasteiger partial charge >= 0.3 is 5.97 Å². The molecule has 0 N–H and O–H groups in total. The minimum atomic E-state index is -0.210. The average Bonchev–Trinajstić information content (AvgIpc) is 2.77. The van der Waals surface area contributed by atoms with Crippen LogP contribution in [0, 0.1) is 22.7 Å². The molecule has 2 aliphatic carbocycles. The van der Waals surface area contributed by atoms with Gasteiger partial charge in [-0.05, 0) is 43.7 Å². The van der Waals surface area contributed by atoms with E-state index in [2.05, 4.69) is 6.07 Å². The van der Waals surface area contributed by atoms with Gasteiger partial charge in [-0.1, -0.05) is 56.7 Å². The highest BCUT2D eigenvalue weighted by molar-refractivity contribution is 5.89. The van der Waals surface area contributed by atoms with Gasteiger partial charge in [0.2, 0.25) is 0 Å². The van der Waals surface area contributed by atoms with Crippen LogP contribution in [0.4, 0.5) is 0 Å². The molecule has 4 nitrogen and oxygen atoms in total. The monoisotopic (exact) mass is 383 g/mol. The number of benzene rings is 1. The van der Waals surface area contributed by atoms with Gasteiger partial charge in [0, 0.05) is 5.41 Å². The molecule has 0 radical (unpaired) electrons. The van der Waals surface area contributed by atoms with Gasteiger partial charge in [0.1, 0.15) is 6.10 Å². The lowest BCUT2D eigenvalue weighted by Crippen LogP contribution is -2.48. The number of esters is 1. The van der Waals surface area contributed by atoms with Crippen LogP contribution in [0.1, 0.15) is 81.0 Å². The van der Waals surface area contributed by atoms with Gasteiger partial charge in [-0.3, -0.25) is 0 Å². The lowest BCUT2D eigenvalue weighted by molar-refractivity contribution is -0.104. The first-order chi connectivity index (χ1) is 13.7. The maximum Gasteiger partial charge on any atom is 0.338 e. The number of rotatable bonds is 8. The lowest BCUT2D eigenvalue weighted by atomic mass is 9.65. The molecule has 1 unspecified atom stereocenters. The predicted octanol–water partition coefficient (Wildman–Crippen LogP) is 5.67. The molecule has 2 aliphatic rings. The zero-order valence-corrected chi connectivity index (χ0v) is 16.9. The molecule has 0 spiro atoms. The van der Waals surface area contributed by atoms with E-state index in [4.69, 9.17) is 14.7 Å². The van der Waals surface area contributed by atoms with Crippen LogP contribution < -0.4 is 0 Å². The zero-order chi connectivity index (χ0) is 19.7. The largest absolute Gasteiger partial charge is 0.458 e. The van der Waals surface area contributed by atoms with Crippen LogP contribution >= 0.6 is 0 Å². The van der Waals surface area contributed by atoms with Gasteiger partial charge in [0.25, 0.3) is 0 Å². The van der Waals surface area contributed by atoms with E-state index in [1.807, 2.05) is 30.3 Å². The maximum absolute atomic E-state index is 13.0. The van der Waals surface area contributed by atoms with Gasteiger partial charge in [0.15, 0.2) is 0 Å². The molecule has 0 saturated heterocycles. The Morgan fingerprint density at radius 2 is 1.75 bits per heavy atom. The summed E-state index contributed by atoms with van der Waals surface area (Å²) >= 11 is 0. The van der Waals surface area contributed by atoms with E-state index in [9.17, 15) is 4.79 Å². The molecular weight excluding hydrogens is 350 g/mol. The number of hydrogen-bond donors (Lipinski definition) is 0. The Kier molecular flexibility index (Phi) is 7.91.